The summed E-state index contributed by atoms with van der Waals surface area (Å²) in [5, 5.41) is 11.3. The molecule has 5 nitrogen and oxygen atoms in total. The molecule has 0 aromatic heterocycles. The van der Waals surface area contributed by atoms with Crippen molar-refractivity contribution in [1.82, 2.24) is 9.80 Å². The standard InChI is InChI=1S/C37H45N3O2/c1-25-10-8-13-27(22-25)14-9-19-39(4)30-16-15-29-32-23-28-31(38(2)3)24-33(41)35-34(28)37(29,36(30)42-35)18-21-40(32)20-17-26-11-6-5-7-12-26/h5-14,22,24,29-30,32,36,41H,15-21,23H2,1-4H3/t29-,30+,32+,36-,37-/m0/s1. The normalized spacial score (nSPS) is 27.7. The minimum absolute atomic E-state index is 0.0439. The summed E-state index contributed by atoms with van der Waals surface area (Å²) in [6.45, 7) is 5.21. The van der Waals surface area contributed by atoms with Crippen LogP contribution >= 0.6 is 0 Å². The number of hydrogen-bond donors (Lipinski definition) is 1. The number of nitrogens with zero attached hydrogens (tertiary/aromatic N) is 3. The lowest BCUT2D eigenvalue weighted by atomic mass is 9.50. The van der Waals surface area contributed by atoms with Gasteiger partial charge in [-0.05, 0) is 75.2 Å². The Morgan fingerprint density at radius 1 is 1.05 bits per heavy atom. The molecule has 220 valence electrons. The number of phenols is 1. The highest BCUT2D eigenvalue weighted by atomic mass is 16.5. The van der Waals surface area contributed by atoms with E-state index in [1.165, 1.54) is 34.2 Å². The van der Waals surface area contributed by atoms with Crippen LogP contribution in [0, 0.1) is 12.8 Å². The molecule has 5 atom stereocenters. The van der Waals surface area contributed by atoms with Gasteiger partial charge in [0.05, 0.1) is 0 Å². The Labute approximate surface area is 251 Å². The van der Waals surface area contributed by atoms with Gasteiger partial charge in [-0.25, -0.2) is 0 Å². The van der Waals surface area contributed by atoms with Gasteiger partial charge >= 0.3 is 0 Å². The van der Waals surface area contributed by atoms with Gasteiger partial charge in [0, 0.05) is 62.0 Å². The number of benzene rings is 3. The Morgan fingerprint density at radius 2 is 1.88 bits per heavy atom. The minimum atomic E-state index is -0.0439. The molecule has 5 heteroatoms. The average molecular weight is 564 g/mol. The van der Waals surface area contributed by atoms with Crippen LogP contribution in [0.3, 0.4) is 0 Å². The van der Waals surface area contributed by atoms with E-state index < -0.39 is 0 Å². The van der Waals surface area contributed by atoms with Crippen molar-refractivity contribution in [2.45, 2.75) is 62.6 Å². The SMILES string of the molecule is Cc1cccc(C=CCN(C)[C@@H]2CC[C@H]3[C@H]4Cc5c(N(C)C)cc(O)c6c5[C@@]3(CCN4CCc3ccccc3)[C@H]2O6)c1. The second-order valence-electron chi connectivity index (χ2n) is 13.4. The van der Waals surface area contributed by atoms with Crippen molar-refractivity contribution in [1.29, 1.82) is 0 Å². The summed E-state index contributed by atoms with van der Waals surface area (Å²) in [5.74, 6) is 1.63. The molecule has 3 aromatic rings. The fourth-order valence-electron chi connectivity index (χ4n) is 8.97. The van der Waals surface area contributed by atoms with Gasteiger partial charge in [0.15, 0.2) is 11.5 Å². The fourth-order valence-corrected chi connectivity index (χ4v) is 8.97. The maximum Gasteiger partial charge on any atom is 0.165 e. The first-order valence-corrected chi connectivity index (χ1v) is 15.8. The molecule has 1 N–H and O–H groups in total. The molecule has 4 aliphatic rings. The van der Waals surface area contributed by atoms with Crippen LogP contribution < -0.4 is 9.64 Å². The first kappa shape index (κ1) is 27.5. The zero-order valence-corrected chi connectivity index (χ0v) is 25.6. The summed E-state index contributed by atoms with van der Waals surface area (Å²) in [6, 6.07) is 22.4. The Kier molecular flexibility index (Phi) is 7.06. The summed E-state index contributed by atoms with van der Waals surface area (Å²) in [7, 11) is 6.47. The molecule has 2 fully saturated rings. The molecule has 2 aliphatic heterocycles. The van der Waals surface area contributed by atoms with E-state index in [4.69, 9.17) is 4.74 Å². The summed E-state index contributed by atoms with van der Waals surface area (Å²) >= 11 is 0. The third-order valence-electron chi connectivity index (χ3n) is 10.8. The second kappa shape index (κ2) is 10.8. The summed E-state index contributed by atoms with van der Waals surface area (Å²) in [5.41, 5.74) is 7.81. The van der Waals surface area contributed by atoms with Crippen LogP contribution in [0.5, 0.6) is 11.5 Å². The molecule has 2 bridgehead atoms. The zero-order chi connectivity index (χ0) is 29.0. The number of piperidine rings is 1. The quantitative estimate of drug-likeness (QED) is 0.361. The molecule has 42 heavy (non-hydrogen) atoms. The van der Waals surface area contributed by atoms with Crippen LogP contribution in [0.25, 0.3) is 6.08 Å². The van der Waals surface area contributed by atoms with E-state index >= 15 is 0 Å². The number of rotatable bonds is 8. The Bertz CT molecular complexity index is 1480. The van der Waals surface area contributed by atoms with Crippen molar-refractivity contribution in [3.05, 3.63) is 94.6 Å². The number of anilines is 1. The lowest BCUT2D eigenvalue weighted by molar-refractivity contribution is -0.0828. The molecule has 1 spiro atoms. The highest BCUT2D eigenvalue weighted by Crippen LogP contribution is 2.65. The Morgan fingerprint density at radius 3 is 2.67 bits per heavy atom. The number of aromatic hydroxyl groups is 1. The molecule has 1 saturated carbocycles. The maximum atomic E-state index is 11.3. The molecular weight excluding hydrogens is 518 g/mol. The molecule has 0 radical (unpaired) electrons. The van der Waals surface area contributed by atoms with Crippen molar-refractivity contribution in [3.8, 4) is 11.5 Å². The minimum Gasteiger partial charge on any atom is -0.504 e. The fraction of sp³-hybridized carbons (Fsp3) is 0.459. The van der Waals surface area contributed by atoms with Crippen LogP contribution in [0.15, 0.2) is 66.7 Å². The van der Waals surface area contributed by atoms with Crippen LogP contribution in [-0.4, -0.2) is 73.9 Å². The lowest BCUT2D eigenvalue weighted by Gasteiger charge is -2.60. The zero-order valence-electron chi connectivity index (χ0n) is 25.6. The van der Waals surface area contributed by atoms with E-state index in [0.29, 0.717) is 23.8 Å². The van der Waals surface area contributed by atoms with Crippen molar-refractivity contribution >= 4 is 11.8 Å². The molecule has 0 unspecified atom stereocenters. The number of phenolic OH excluding ortho intramolecular Hbond substituents is 1. The monoisotopic (exact) mass is 563 g/mol. The third kappa shape index (κ3) is 4.44. The number of likely N-dealkylation sites (tertiary alicyclic amines) is 1. The summed E-state index contributed by atoms with van der Waals surface area (Å²) < 4.78 is 6.97. The number of hydrogen-bond acceptors (Lipinski definition) is 5. The molecule has 0 amide bonds. The second-order valence-corrected chi connectivity index (χ2v) is 13.4. The van der Waals surface area contributed by atoms with Gasteiger partial charge in [-0.2, -0.15) is 0 Å². The average Bonchev–Trinajstić information content (AvgIpc) is 3.33. The van der Waals surface area contributed by atoms with Crippen LogP contribution in [0.4, 0.5) is 5.69 Å². The molecule has 7 rings (SSSR count). The Hall–Kier alpha value is -3.28. The first-order chi connectivity index (χ1) is 20.4. The van der Waals surface area contributed by atoms with E-state index in [9.17, 15) is 5.11 Å². The molecule has 1 saturated heterocycles. The largest absolute Gasteiger partial charge is 0.504 e. The predicted molar refractivity (Wildman–Crippen MR) is 172 cm³/mol. The van der Waals surface area contributed by atoms with Gasteiger partial charge in [-0.1, -0.05) is 72.3 Å². The summed E-state index contributed by atoms with van der Waals surface area (Å²) in [4.78, 5) is 7.48. The van der Waals surface area contributed by atoms with E-state index in [2.05, 4.69) is 110 Å². The molecule has 2 aliphatic carbocycles. The van der Waals surface area contributed by atoms with E-state index in [1.807, 2.05) is 6.07 Å². The van der Waals surface area contributed by atoms with Gasteiger partial charge < -0.3 is 14.7 Å². The predicted octanol–water partition coefficient (Wildman–Crippen LogP) is 6.06. The van der Waals surface area contributed by atoms with E-state index in [1.54, 1.807) is 0 Å². The number of aryl methyl sites for hydroxylation is 1. The van der Waals surface area contributed by atoms with Gasteiger partial charge in [-0.15, -0.1) is 0 Å². The number of ether oxygens (including phenoxy) is 1. The Balaban J connectivity index is 1.21. The van der Waals surface area contributed by atoms with Crippen molar-refractivity contribution in [2.24, 2.45) is 5.92 Å². The number of likely N-dealkylation sites (N-methyl/N-ethyl adjacent to an activating group) is 1. The smallest absolute Gasteiger partial charge is 0.165 e. The molecule has 3 aromatic carbocycles. The third-order valence-corrected chi connectivity index (χ3v) is 10.8. The van der Waals surface area contributed by atoms with E-state index in [-0.39, 0.29) is 11.5 Å². The van der Waals surface area contributed by atoms with Gasteiger partial charge in [-0.3, -0.25) is 9.80 Å². The first-order valence-electron chi connectivity index (χ1n) is 15.8. The topological polar surface area (TPSA) is 39.2 Å². The highest BCUT2D eigenvalue weighted by molar-refractivity contribution is 5.71. The molecular formula is C37H45N3O2. The van der Waals surface area contributed by atoms with Crippen molar-refractivity contribution in [2.75, 3.05) is 45.7 Å². The van der Waals surface area contributed by atoms with Crippen molar-refractivity contribution < 1.29 is 9.84 Å². The van der Waals surface area contributed by atoms with Crippen LogP contribution in [0.1, 0.15) is 47.1 Å². The highest BCUT2D eigenvalue weighted by Gasteiger charge is 2.66. The van der Waals surface area contributed by atoms with Crippen molar-refractivity contribution in [3.63, 3.8) is 0 Å². The van der Waals surface area contributed by atoms with Gasteiger partial charge in [0.25, 0.3) is 0 Å². The lowest BCUT2D eigenvalue weighted by Crippen LogP contribution is -2.68. The molecule has 2 heterocycles. The van der Waals surface area contributed by atoms with E-state index in [0.717, 1.165) is 56.8 Å². The summed E-state index contributed by atoms with van der Waals surface area (Å²) in [6.07, 6.45) is 10.1. The maximum absolute atomic E-state index is 11.3. The van der Waals surface area contributed by atoms with Crippen LogP contribution in [-0.2, 0) is 18.3 Å². The van der Waals surface area contributed by atoms with Crippen LogP contribution in [0.2, 0.25) is 0 Å². The van der Waals surface area contributed by atoms with Gasteiger partial charge in [0.1, 0.15) is 6.10 Å². The van der Waals surface area contributed by atoms with Gasteiger partial charge in [0.2, 0.25) is 0 Å².